The second kappa shape index (κ2) is 3.37. The SMILES string of the molecule is CC(Cl)(C#N)C(Cl)(Cl)C(=O)Cl. The van der Waals surface area contributed by atoms with Gasteiger partial charge in [-0.15, -0.1) is 0 Å². The van der Waals surface area contributed by atoms with Crippen molar-refractivity contribution in [3.63, 3.8) is 0 Å². The third kappa shape index (κ3) is 2.13. The molecule has 0 spiro atoms. The topological polar surface area (TPSA) is 40.9 Å². The summed E-state index contributed by atoms with van der Waals surface area (Å²) in [6.45, 7) is 1.20. The molecule has 0 aromatic heterocycles. The van der Waals surface area contributed by atoms with Crippen LogP contribution in [-0.2, 0) is 4.79 Å². The van der Waals surface area contributed by atoms with E-state index in [2.05, 4.69) is 0 Å². The number of alkyl halides is 3. The number of hydrogen-bond donors (Lipinski definition) is 0. The van der Waals surface area contributed by atoms with E-state index in [1.54, 1.807) is 6.07 Å². The summed E-state index contributed by atoms with van der Waals surface area (Å²) < 4.78 is -2.08. The van der Waals surface area contributed by atoms with Crippen molar-refractivity contribution in [1.82, 2.24) is 0 Å². The maximum atomic E-state index is 10.5. The molecule has 1 unspecified atom stereocenters. The Hall–Kier alpha value is 0.320. The molecular formula is C5H3Cl4NO. The van der Waals surface area contributed by atoms with Gasteiger partial charge in [0.1, 0.15) is 0 Å². The van der Waals surface area contributed by atoms with Crippen molar-refractivity contribution in [2.45, 2.75) is 16.1 Å². The van der Waals surface area contributed by atoms with Crippen LogP contribution in [0.15, 0.2) is 0 Å². The molecule has 1 atom stereocenters. The Morgan fingerprint density at radius 1 is 1.45 bits per heavy atom. The first-order chi connectivity index (χ1) is 4.75. The molecule has 0 aliphatic rings. The van der Waals surface area contributed by atoms with E-state index in [1.807, 2.05) is 0 Å². The van der Waals surface area contributed by atoms with Crippen LogP contribution in [-0.4, -0.2) is 14.4 Å². The Kier molecular flexibility index (Phi) is 3.46. The number of nitrogens with zero attached hydrogens (tertiary/aromatic N) is 1. The van der Waals surface area contributed by atoms with Crippen LogP contribution in [0.3, 0.4) is 0 Å². The minimum absolute atomic E-state index is 1.07. The number of hydrogen-bond acceptors (Lipinski definition) is 2. The second-order valence-electron chi connectivity index (χ2n) is 1.96. The summed E-state index contributed by atoms with van der Waals surface area (Å²) in [4.78, 5) is 8.82. The molecule has 0 aromatic rings. The zero-order valence-corrected chi connectivity index (χ0v) is 8.39. The van der Waals surface area contributed by atoms with Crippen molar-refractivity contribution in [1.29, 1.82) is 5.26 Å². The van der Waals surface area contributed by atoms with Crippen molar-refractivity contribution in [2.75, 3.05) is 0 Å². The fourth-order valence-electron chi connectivity index (χ4n) is 0.255. The van der Waals surface area contributed by atoms with E-state index in [4.69, 9.17) is 51.7 Å². The van der Waals surface area contributed by atoms with Crippen molar-refractivity contribution >= 4 is 51.6 Å². The van der Waals surface area contributed by atoms with Crippen molar-refractivity contribution in [2.24, 2.45) is 0 Å². The van der Waals surface area contributed by atoms with Crippen LogP contribution in [0, 0.1) is 11.3 Å². The molecule has 0 amide bonds. The first kappa shape index (κ1) is 11.3. The Labute approximate surface area is 84.0 Å². The summed E-state index contributed by atoms with van der Waals surface area (Å²) in [6, 6.07) is 1.56. The molecular weight excluding hydrogens is 232 g/mol. The second-order valence-corrected chi connectivity index (χ2v) is 4.39. The average molecular weight is 235 g/mol. The highest BCUT2D eigenvalue weighted by Crippen LogP contribution is 2.40. The molecule has 62 valence electrons. The molecule has 2 nitrogen and oxygen atoms in total. The minimum Gasteiger partial charge on any atom is -0.278 e. The highest BCUT2D eigenvalue weighted by molar-refractivity contribution is 6.80. The van der Waals surface area contributed by atoms with Gasteiger partial charge in [-0.05, 0) is 18.5 Å². The highest BCUT2D eigenvalue weighted by atomic mass is 35.5. The fourth-order valence-corrected chi connectivity index (χ4v) is 0.662. The lowest BCUT2D eigenvalue weighted by Gasteiger charge is -2.24. The summed E-state index contributed by atoms with van der Waals surface area (Å²) in [5.74, 6) is 0. The van der Waals surface area contributed by atoms with Crippen LogP contribution >= 0.6 is 46.4 Å². The zero-order valence-electron chi connectivity index (χ0n) is 5.37. The number of carbonyl (C=O) groups excluding carboxylic acids is 1. The number of nitriles is 1. The van der Waals surface area contributed by atoms with Crippen LogP contribution < -0.4 is 0 Å². The van der Waals surface area contributed by atoms with E-state index in [1.165, 1.54) is 6.92 Å². The van der Waals surface area contributed by atoms with Crippen molar-refractivity contribution < 1.29 is 4.79 Å². The molecule has 0 aliphatic carbocycles. The Balaban J connectivity index is 4.86. The van der Waals surface area contributed by atoms with E-state index in [9.17, 15) is 4.79 Å². The van der Waals surface area contributed by atoms with Gasteiger partial charge in [-0.1, -0.05) is 34.8 Å². The van der Waals surface area contributed by atoms with Crippen LogP contribution in [0.4, 0.5) is 0 Å². The molecule has 0 rings (SSSR count). The Morgan fingerprint density at radius 3 is 1.91 bits per heavy atom. The van der Waals surface area contributed by atoms with E-state index in [0.717, 1.165) is 0 Å². The molecule has 0 saturated heterocycles. The van der Waals surface area contributed by atoms with E-state index < -0.39 is 14.4 Å². The van der Waals surface area contributed by atoms with Gasteiger partial charge in [0.25, 0.3) is 5.24 Å². The summed E-state index contributed by atoms with van der Waals surface area (Å²) in [6.07, 6.45) is 0. The van der Waals surface area contributed by atoms with E-state index in [-0.39, 0.29) is 0 Å². The molecule has 6 heteroatoms. The number of halogens is 4. The predicted molar refractivity (Wildman–Crippen MR) is 45.2 cm³/mol. The third-order valence-electron chi connectivity index (χ3n) is 1.05. The Morgan fingerprint density at radius 2 is 1.82 bits per heavy atom. The summed E-state index contributed by atoms with van der Waals surface area (Å²) in [7, 11) is 0. The lowest BCUT2D eigenvalue weighted by Crippen LogP contribution is -2.42. The van der Waals surface area contributed by atoms with Gasteiger partial charge in [-0.2, -0.15) is 5.26 Å². The minimum atomic E-state index is -2.08. The van der Waals surface area contributed by atoms with Crippen LogP contribution in [0.25, 0.3) is 0 Å². The largest absolute Gasteiger partial charge is 0.278 e. The van der Waals surface area contributed by atoms with Gasteiger partial charge in [-0.3, -0.25) is 4.79 Å². The van der Waals surface area contributed by atoms with Crippen LogP contribution in [0.2, 0.25) is 0 Å². The van der Waals surface area contributed by atoms with Crippen LogP contribution in [0.1, 0.15) is 6.92 Å². The molecule has 0 N–H and O–H groups in total. The van der Waals surface area contributed by atoms with E-state index >= 15 is 0 Å². The molecule has 0 saturated carbocycles. The quantitative estimate of drug-likeness (QED) is 0.544. The highest BCUT2D eigenvalue weighted by Gasteiger charge is 2.50. The van der Waals surface area contributed by atoms with Crippen molar-refractivity contribution in [3.8, 4) is 6.07 Å². The Bertz CT molecular complexity index is 217. The van der Waals surface area contributed by atoms with Crippen molar-refractivity contribution in [3.05, 3.63) is 0 Å². The van der Waals surface area contributed by atoms with Gasteiger partial charge in [0.05, 0.1) is 6.07 Å². The molecule has 0 aromatic carbocycles. The van der Waals surface area contributed by atoms with Gasteiger partial charge in [0.15, 0.2) is 4.87 Å². The normalized spacial score (nSPS) is 16.7. The fraction of sp³-hybridized carbons (Fsp3) is 0.600. The third-order valence-corrected chi connectivity index (χ3v) is 3.18. The monoisotopic (exact) mass is 233 g/mol. The standard InChI is InChI=1S/C5H3Cl4NO/c1-4(7,2-10)5(8,9)3(6)11/h1H3. The predicted octanol–water partition coefficient (Wildman–Crippen LogP) is 2.45. The molecule has 0 radical (unpaired) electrons. The van der Waals surface area contributed by atoms with Gasteiger partial charge in [-0.25, -0.2) is 0 Å². The molecule has 0 aliphatic heterocycles. The molecule has 11 heavy (non-hydrogen) atoms. The summed E-state index contributed by atoms with van der Waals surface area (Å²) in [5, 5.41) is 7.35. The number of rotatable bonds is 2. The lowest BCUT2D eigenvalue weighted by molar-refractivity contribution is -0.112. The maximum Gasteiger partial charge on any atom is 0.260 e. The first-order valence-electron chi connectivity index (χ1n) is 2.43. The first-order valence-corrected chi connectivity index (χ1v) is 3.95. The van der Waals surface area contributed by atoms with Gasteiger partial charge < -0.3 is 0 Å². The van der Waals surface area contributed by atoms with Gasteiger partial charge >= 0.3 is 0 Å². The molecule has 0 fully saturated rings. The van der Waals surface area contributed by atoms with E-state index in [0.29, 0.717) is 0 Å². The summed E-state index contributed by atoms with van der Waals surface area (Å²) >= 11 is 21.3. The van der Waals surface area contributed by atoms with Crippen LogP contribution in [0.5, 0.6) is 0 Å². The summed E-state index contributed by atoms with van der Waals surface area (Å²) in [5.41, 5.74) is 0. The lowest BCUT2D eigenvalue weighted by atomic mass is 10.1. The van der Waals surface area contributed by atoms with Gasteiger partial charge in [0, 0.05) is 0 Å². The molecule has 0 heterocycles. The molecule has 0 bridgehead atoms. The smallest absolute Gasteiger partial charge is 0.260 e. The zero-order chi connectivity index (χ0) is 9.28. The number of carbonyl (C=O) groups is 1. The van der Waals surface area contributed by atoms with Gasteiger partial charge in [0.2, 0.25) is 4.33 Å². The maximum absolute atomic E-state index is 10.5. The average Bonchev–Trinajstić information content (AvgIpc) is 1.87.